The predicted octanol–water partition coefficient (Wildman–Crippen LogP) is 1.59. The molecule has 12 nitrogen and oxygen atoms in total. The van der Waals surface area contributed by atoms with Crippen molar-refractivity contribution >= 4 is 23.0 Å². The van der Waals surface area contributed by atoms with Crippen LogP contribution in [0.25, 0.3) is 17.0 Å². The maximum absolute atomic E-state index is 13.2. The lowest BCUT2D eigenvalue weighted by atomic mass is 10.2. The molecule has 1 aromatic carbocycles. The van der Waals surface area contributed by atoms with Crippen molar-refractivity contribution in [3.8, 4) is 17.5 Å². The lowest BCUT2D eigenvalue weighted by Gasteiger charge is -2.12. The molecule has 0 atom stereocenters. The number of rotatable bonds is 3. The average Bonchev–Trinajstić information content (AvgIpc) is 3.67. The normalized spacial score (nSPS) is 10.6. The Morgan fingerprint density at radius 1 is 1.08 bits per heavy atom. The summed E-state index contributed by atoms with van der Waals surface area (Å²) in [5.41, 5.74) is 14.7. The Morgan fingerprint density at radius 2 is 1.87 bits per heavy atom. The molecule has 6 aromatic rings. The molecule has 0 unspecified atom stereocenters. The van der Waals surface area contributed by atoms with Crippen LogP contribution in [0.5, 0.6) is 0 Å². The zero-order valence-electron chi connectivity index (χ0n) is 21.2. The molecule has 0 bridgehead atoms. The number of amides is 1. The molecule has 12 heteroatoms. The summed E-state index contributed by atoms with van der Waals surface area (Å²) in [4.78, 5) is 36.3. The molecule has 1 amide bonds. The molecule has 0 aliphatic carbocycles. The first-order valence-electron chi connectivity index (χ1n) is 11.9. The fourth-order valence-electron chi connectivity index (χ4n) is 4.07. The van der Waals surface area contributed by atoms with Gasteiger partial charge in [-0.25, -0.2) is 24.1 Å². The number of imidazole rings is 2. The van der Waals surface area contributed by atoms with Gasteiger partial charge in [0.2, 0.25) is 0 Å². The molecule has 194 valence electrons. The zero-order chi connectivity index (χ0) is 27.5. The highest BCUT2D eigenvalue weighted by Gasteiger charge is 2.14. The number of carbonyl (C=O) groups excluding carboxylic acids is 1. The minimum atomic E-state index is -0.623. The van der Waals surface area contributed by atoms with E-state index in [1.54, 1.807) is 42.8 Å². The van der Waals surface area contributed by atoms with Gasteiger partial charge in [0.25, 0.3) is 5.91 Å². The summed E-state index contributed by atoms with van der Waals surface area (Å²) in [6, 6.07) is 11.5. The number of nitrogen functional groups attached to an aromatic ring is 1. The summed E-state index contributed by atoms with van der Waals surface area (Å²) < 4.78 is 6.53. The Balaban J connectivity index is 0.000000198. The number of fused-ring (bicyclic) bond motifs is 2. The summed E-state index contributed by atoms with van der Waals surface area (Å²) in [5.74, 6) is 5.55. The second-order valence-corrected chi connectivity index (χ2v) is 8.46. The van der Waals surface area contributed by atoms with Crippen molar-refractivity contribution in [3.05, 3.63) is 107 Å². The van der Waals surface area contributed by atoms with Gasteiger partial charge in [0.05, 0.1) is 23.6 Å². The van der Waals surface area contributed by atoms with Crippen molar-refractivity contribution < 1.29 is 4.79 Å². The Bertz CT molecular complexity index is 1930. The largest absolute Gasteiger partial charge is 0.383 e. The molecule has 0 spiro atoms. The molecule has 5 aromatic heterocycles. The third-order valence-corrected chi connectivity index (χ3v) is 5.89. The van der Waals surface area contributed by atoms with E-state index in [9.17, 15) is 9.59 Å². The second kappa shape index (κ2) is 10.3. The summed E-state index contributed by atoms with van der Waals surface area (Å²) in [6.45, 7) is 2.02. The van der Waals surface area contributed by atoms with Crippen LogP contribution < -0.4 is 17.2 Å². The van der Waals surface area contributed by atoms with Crippen LogP contribution in [0.15, 0.2) is 78.5 Å². The van der Waals surface area contributed by atoms with E-state index in [4.69, 9.17) is 11.5 Å². The predicted molar refractivity (Wildman–Crippen MR) is 145 cm³/mol. The van der Waals surface area contributed by atoms with Crippen molar-refractivity contribution in [3.63, 3.8) is 0 Å². The average molecular weight is 521 g/mol. The number of nitrogens with zero attached hydrogens (tertiary/aromatic N) is 8. The van der Waals surface area contributed by atoms with Gasteiger partial charge in [-0.1, -0.05) is 31.0 Å². The quantitative estimate of drug-likeness (QED) is 0.336. The first-order valence-corrected chi connectivity index (χ1v) is 11.9. The van der Waals surface area contributed by atoms with E-state index >= 15 is 0 Å². The van der Waals surface area contributed by atoms with E-state index in [1.807, 2.05) is 56.6 Å². The SMILES string of the molecule is CCc1cc2ncc(C#Cc3cnn(C)c3)n2c(=O)n1-c1ccccc1.NC(=O)c1c(N)ncn2ccnc12. The summed E-state index contributed by atoms with van der Waals surface area (Å²) in [5, 5.41) is 4.10. The Morgan fingerprint density at radius 3 is 2.56 bits per heavy atom. The molecule has 0 aliphatic rings. The fourth-order valence-corrected chi connectivity index (χ4v) is 4.07. The molecule has 39 heavy (non-hydrogen) atoms. The van der Waals surface area contributed by atoms with Crippen LogP contribution in [0.3, 0.4) is 0 Å². The highest BCUT2D eigenvalue weighted by Crippen LogP contribution is 2.14. The number of aromatic nitrogens is 8. The van der Waals surface area contributed by atoms with E-state index in [2.05, 4.69) is 31.9 Å². The number of aryl methyl sites for hydroxylation is 2. The molecule has 0 radical (unpaired) electrons. The number of hydrogen-bond acceptors (Lipinski definition) is 7. The first kappa shape index (κ1) is 25.0. The van der Waals surface area contributed by atoms with Crippen LogP contribution in [-0.4, -0.2) is 44.0 Å². The number of benzene rings is 1. The monoisotopic (exact) mass is 520 g/mol. The molecule has 6 rings (SSSR count). The van der Waals surface area contributed by atoms with Crippen molar-refractivity contribution in [2.24, 2.45) is 12.8 Å². The third kappa shape index (κ3) is 4.84. The van der Waals surface area contributed by atoms with Gasteiger partial charge >= 0.3 is 5.69 Å². The van der Waals surface area contributed by atoms with E-state index < -0.39 is 5.91 Å². The minimum absolute atomic E-state index is 0.103. The van der Waals surface area contributed by atoms with Crippen LogP contribution in [0.4, 0.5) is 5.82 Å². The number of anilines is 1. The maximum Gasteiger partial charge on any atom is 0.339 e. The third-order valence-electron chi connectivity index (χ3n) is 5.89. The van der Waals surface area contributed by atoms with Gasteiger partial charge in [-0.2, -0.15) is 5.10 Å². The van der Waals surface area contributed by atoms with Gasteiger partial charge in [0.1, 0.15) is 29.0 Å². The fraction of sp³-hybridized carbons (Fsp3) is 0.111. The van der Waals surface area contributed by atoms with E-state index in [0.29, 0.717) is 17.0 Å². The lowest BCUT2D eigenvalue weighted by molar-refractivity contribution is 0.100. The number of hydrogen-bond donors (Lipinski definition) is 2. The summed E-state index contributed by atoms with van der Waals surface area (Å²) >= 11 is 0. The number of para-hydroxylation sites is 1. The van der Waals surface area contributed by atoms with Crippen LogP contribution in [0.1, 0.15) is 34.2 Å². The standard InChI is InChI=1S/C20H17N5O.C7H7N5O/c1-3-16-11-19-21-13-18(10-9-15-12-22-23(2)14-15)25(19)20(26)24(16)17-7-5-4-6-8-17;8-5-4(6(9)13)7-10-1-2-12(7)3-11-5/h4-8,11-14H,3H2,1-2H3;1-3H,8H2,(H2,9,13). The Hall–Kier alpha value is -5.70. The van der Waals surface area contributed by atoms with Gasteiger partial charge < -0.3 is 11.5 Å². The minimum Gasteiger partial charge on any atom is -0.383 e. The van der Waals surface area contributed by atoms with Gasteiger partial charge in [-0.3, -0.25) is 18.4 Å². The first-order chi connectivity index (χ1) is 18.9. The van der Waals surface area contributed by atoms with Gasteiger partial charge in [-0.15, -0.1) is 0 Å². The lowest BCUT2D eigenvalue weighted by Crippen LogP contribution is -2.28. The molecule has 4 N–H and O–H groups in total. The summed E-state index contributed by atoms with van der Waals surface area (Å²) in [6.07, 6.45) is 10.6. The van der Waals surface area contributed by atoms with Gasteiger partial charge in [-0.05, 0) is 24.5 Å². The molecule has 0 saturated heterocycles. The molecular weight excluding hydrogens is 496 g/mol. The van der Waals surface area contributed by atoms with Gasteiger partial charge in [0, 0.05) is 37.4 Å². The molecule has 5 heterocycles. The van der Waals surface area contributed by atoms with Crippen molar-refractivity contribution in [2.45, 2.75) is 13.3 Å². The topological polar surface area (TPSA) is 156 Å². The van der Waals surface area contributed by atoms with Crippen molar-refractivity contribution in [2.75, 3.05) is 5.73 Å². The van der Waals surface area contributed by atoms with Crippen LogP contribution in [0.2, 0.25) is 0 Å². The van der Waals surface area contributed by atoms with Crippen LogP contribution >= 0.6 is 0 Å². The summed E-state index contributed by atoms with van der Waals surface area (Å²) in [7, 11) is 1.84. The van der Waals surface area contributed by atoms with Gasteiger partial charge in [0.15, 0.2) is 5.65 Å². The zero-order valence-corrected chi connectivity index (χ0v) is 21.2. The van der Waals surface area contributed by atoms with Crippen LogP contribution in [-0.2, 0) is 13.5 Å². The number of primary amides is 1. The van der Waals surface area contributed by atoms with Crippen molar-refractivity contribution in [1.29, 1.82) is 0 Å². The molecule has 0 fully saturated rings. The van der Waals surface area contributed by atoms with Crippen molar-refractivity contribution in [1.82, 2.24) is 38.1 Å². The second-order valence-electron chi connectivity index (χ2n) is 8.46. The molecule has 0 aliphatic heterocycles. The number of carbonyl (C=O) groups is 1. The molecule has 0 saturated carbocycles. The van der Waals surface area contributed by atoms with E-state index in [-0.39, 0.29) is 17.1 Å². The molecular formula is C27H24N10O2. The smallest absolute Gasteiger partial charge is 0.339 e. The van der Waals surface area contributed by atoms with E-state index in [1.165, 1.54) is 6.33 Å². The maximum atomic E-state index is 13.2. The number of nitrogens with two attached hydrogens (primary N) is 2. The highest BCUT2D eigenvalue weighted by atomic mass is 16.1. The Kier molecular flexibility index (Phi) is 6.63. The van der Waals surface area contributed by atoms with Crippen LogP contribution in [0, 0.1) is 11.8 Å². The Labute approximate surface area is 222 Å². The van der Waals surface area contributed by atoms with E-state index in [0.717, 1.165) is 23.4 Å². The highest BCUT2D eigenvalue weighted by molar-refractivity contribution is 6.02.